The molecule has 2 aromatic carbocycles. The van der Waals surface area contributed by atoms with Gasteiger partial charge in [-0.3, -0.25) is 9.69 Å². The number of sulfonamides is 1. The van der Waals surface area contributed by atoms with Crippen LogP contribution in [0, 0.1) is 0 Å². The number of alkyl halides is 3. The second-order valence-corrected chi connectivity index (χ2v) is 9.20. The number of amides is 1. The average Bonchev–Trinajstić information content (AvgIpc) is 3.21. The summed E-state index contributed by atoms with van der Waals surface area (Å²) >= 11 is 0. The molecule has 1 saturated heterocycles. The molecule has 0 saturated carbocycles. The fourth-order valence-corrected chi connectivity index (χ4v) is 5.21. The Hall–Kier alpha value is -2.83. The van der Waals surface area contributed by atoms with E-state index in [-0.39, 0.29) is 45.4 Å². The van der Waals surface area contributed by atoms with E-state index in [9.17, 15) is 26.4 Å². The Morgan fingerprint density at radius 3 is 2.41 bits per heavy atom. The van der Waals surface area contributed by atoms with E-state index in [1.165, 1.54) is 6.07 Å². The molecule has 1 N–H and O–H groups in total. The van der Waals surface area contributed by atoms with E-state index in [0.29, 0.717) is 17.2 Å². The van der Waals surface area contributed by atoms with E-state index < -0.39 is 26.7 Å². The Balaban J connectivity index is 1.35. The molecule has 0 aliphatic carbocycles. The summed E-state index contributed by atoms with van der Waals surface area (Å²) in [6.07, 6.45) is -4.78. The van der Waals surface area contributed by atoms with E-state index in [2.05, 4.69) is 5.32 Å². The molecule has 32 heavy (non-hydrogen) atoms. The third-order valence-electron chi connectivity index (χ3n) is 5.17. The second-order valence-electron chi connectivity index (χ2n) is 7.29. The van der Waals surface area contributed by atoms with Crippen molar-refractivity contribution in [2.45, 2.75) is 11.1 Å². The lowest BCUT2D eigenvalue weighted by atomic mass is 10.2. The number of carbonyl (C=O) groups is 1. The number of halogens is 3. The third kappa shape index (κ3) is 4.66. The van der Waals surface area contributed by atoms with Gasteiger partial charge in [0.15, 0.2) is 11.5 Å². The van der Waals surface area contributed by atoms with E-state index in [0.717, 1.165) is 22.5 Å². The predicted octanol–water partition coefficient (Wildman–Crippen LogP) is 2.38. The van der Waals surface area contributed by atoms with Crippen molar-refractivity contribution in [1.82, 2.24) is 9.21 Å². The maximum atomic E-state index is 13.3. The minimum atomic E-state index is -4.78. The van der Waals surface area contributed by atoms with Crippen molar-refractivity contribution in [2.75, 3.05) is 44.8 Å². The summed E-state index contributed by atoms with van der Waals surface area (Å²) in [4.78, 5) is 13.3. The van der Waals surface area contributed by atoms with Gasteiger partial charge in [-0.25, -0.2) is 8.42 Å². The van der Waals surface area contributed by atoms with Gasteiger partial charge in [0.1, 0.15) is 0 Å². The maximum Gasteiger partial charge on any atom is 0.417 e. The van der Waals surface area contributed by atoms with Crippen molar-refractivity contribution >= 4 is 21.6 Å². The summed E-state index contributed by atoms with van der Waals surface area (Å²) in [6, 6.07) is 9.13. The largest absolute Gasteiger partial charge is 0.454 e. The molecule has 0 atom stereocenters. The Kier molecular flexibility index (Phi) is 6.01. The lowest BCUT2D eigenvalue weighted by Gasteiger charge is -2.34. The summed E-state index contributed by atoms with van der Waals surface area (Å²) in [7, 11) is -4.32. The van der Waals surface area contributed by atoms with Crippen molar-refractivity contribution in [3.05, 3.63) is 48.0 Å². The number of anilines is 1. The van der Waals surface area contributed by atoms with Crippen molar-refractivity contribution < 1.29 is 35.9 Å². The molecule has 2 heterocycles. The molecule has 1 fully saturated rings. The van der Waals surface area contributed by atoms with E-state index in [4.69, 9.17) is 9.47 Å². The van der Waals surface area contributed by atoms with Gasteiger partial charge in [0.2, 0.25) is 22.7 Å². The van der Waals surface area contributed by atoms with Crippen molar-refractivity contribution in [1.29, 1.82) is 0 Å². The summed E-state index contributed by atoms with van der Waals surface area (Å²) in [5, 5.41) is 2.74. The molecule has 8 nitrogen and oxygen atoms in total. The molecule has 0 radical (unpaired) electrons. The van der Waals surface area contributed by atoms with Gasteiger partial charge in [0.05, 0.1) is 17.0 Å². The van der Waals surface area contributed by atoms with Crippen LogP contribution in [0.2, 0.25) is 0 Å². The van der Waals surface area contributed by atoms with Gasteiger partial charge in [-0.2, -0.15) is 17.5 Å². The number of rotatable bonds is 5. The molecule has 172 valence electrons. The standard InChI is InChI=1S/C20H20F3N3O5S/c21-20(22,23)15-3-1-2-4-18(15)32(28,29)26-9-7-25(8-10-26)12-19(27)24-14-5-6-16-17(11-14)31-13-30-16/h1-6,11H,7-10,12-13H2,(H,24,27). The highest BCUT2D eigenvalue weighted by molar-refractivity contribution is 7.89. The quantitative estimate of drug-likeness (QED) is 0.721. The summed E-state index contributed by atoms with van der Waals surface area (Å²) in [6.45, 7) is 0.510. The van der Waals surface area contributed by atoms with Gasteiger partial charge in [-0.05, 0) is 24.3 Å². The normalized spacial score (nSPS) is 17.3. The average molecular weight is 471 g/mol. The fraction of sp³-hybridized carbons (Fsp3) is 0.350. The molecule has 2 aliphatic heterocycles. The zero-order chi connectivity index (χ0) is 22.9. The van der Waals surface area contributed by atoms with Crippen LogP contribution >= 0.6 is 0 Å². The van der Waals surface area contributed by atoms with Crippen LogP contribution in [0.1, 0.15) is 5.56 Å². The maximum absolute atomic E-state index is 13.3. The van der Waals surface area contributed by atoms with Gasteiger partial charge in [0.25, 0.3) is 0 Å². The number of nitrogens with one attached hydrogen (secondary N) is 1. The molecule has 1 amide bonds. The topological polar surface area (TPSA) is 88.2 Å². The number of piperazine rings is 1. The highest BCUT2D eigenvalue weighted by Crippen LogP contribution is 2.36. The summed E-state index contributed by atoms with van der Waals surface area (Å²) in [5.74, 6) is 0.816. The molecule has 2 aliphatic rings. The Morgan fingerprint density at radius 2 is 1.69 bits per heavy atom. The van der Waals surface area contributed by atoms with Crippen LogP contribution in [0.25, 0.3) is 0 Å². The van der Waals surface area contributed by atoms with Gasteiger partial charge >= 0.3 is 6.18 Å². The number of benzene rings is 2. The first-order valence-corrected chi connectivity index (χ1v) is 11.2. The third-order valence-corrected chi connectivity index (χ3v) is 7.12. The Morgan fingerprint density at radius 1 is 1.00 bits per heavy atom. The lowest BCUT2D eigenvalue weighted by molar-refractivity contribution is -0.140. The second kappa shape index (κ2) is 8.60. The number of fused-ring (bicyclic) bond motifs is 1. The first-order chi connectivity index (χ1) is 15.1. The highest BCUT2D eigenvalue weighted by Gasteiger charge is 2.39. The smallest absolute Gasteiger partial charge is 0.417 e. The Labute approximate surface area is 182 Å². The number of hydrogen-bond donors (Lipinski definition) is 1. The van der Waals surface area contributed by atoms with E-state index >= 15 is 0 Å². The van der Waals surface area contributed by atoms with Crippen molar-refractivity contribution in [2.24, 2.45) is 0 Å². The van der Waals surface area contributed by atoms with Crippen LogP contribution in [0.3, 0.4) is 0 Å². The number of hydrogen-bond acceptors (Lipinski definition) is 6. The minimum Gasteiger partial charge on any atom is -0.454 e. The first kappa shape index (κ1) is 22.4. The molecule has 2 aromatic rings. The van der Waals surface area contributed by atoms with Crippen LogP contribution in [0.4, 0.5) is 18.9 Å². The van der Waals surface area contributed by atoms with Gasteiger partial charge in [0, 0.05) is 37.9 Å². The molecule has 0 aromatic heterocycles. The molecule has 0 bridgehead atoms. The number of nitrogens with zero attached hydrogens (tertiary/aromatic N) is 2. The van der Waals surface area contributed by atoms with Gasteiger partial charge in [-0.15, -0.1) is 0 Å². The molecule has 4 rings (SSSR count). The number of carbonyl (C=O) groups excluding carboxylic acids is 1. The van der Waals surface area contributed by atoms with Crippen molar-refractivity contribution in [3.63, 3.8) is 0 Å². The Bertz CT molecular complexity index is 1120. The molecular formula is C20H20F3N3O5S. The molecule has 12 heteroatoms. The minimum absolute atomic E-state index is 0.0153. The first-order valence-electron chi connectivity index (χ1n) is 9.73. The van der Waals surface area contributed by atoms with Crippen LogP contribution < -0.4 is 14.8 Å². The SMILES string of the molecule is O=C(CN1CCN(S(=O)(=O)c2ccccc2C(F)(F)F)CC1)Nc1ccc2c(c1)OCO2. The van der Waals surface area contributed by atoms with Crippen molar-refractivity contribution in [3.8, 4) is 11.5 Å². The number of ether oxygens (including phenoxy) is 2. The van der Waals surface area contributed by atoms with Gasteiger partial charge in [-0.1, -0.05) is 12.1 Å². The summed E-state index contributed by atoms with van der Waals surface area (Å²) < 4.78 is 76.9. The zero-order valence-electron chi connectivity index (χ0n) is 16.8. The van der Waals surface area contributed by atoms with Crippen LogP contribution in [0.15, 0.2) is 47.4 Å². The van der Waals surface area contributed by atoms with Crippen LogP contribution in [-0.2, 0) is 21.0 Å². The lowest BCUT2D eigenvalue weighted by Crippen LogP contribution is -2.50. The van der Waals surface area contributed by atoms with E-state index in [1.54, 1.807) is 23.1 Å². The van der Waals surface area contributed by atoms with E-state index in [1.807, 2.05) is 0 Å². The molecule has 0 spiro atoms. The monoisotopic (exact) mass is 471 g/mol. The highest BCUT2D eigenvalue weighted by atomic mass is 32.2. The van der Waals surface area contributed by atoms with Gasteiger partial charge < -0.3 is 14.8 Å². The fourth-order valence-electron chi connectivity index (χ4n) is 3.57. The van der Waals surface area contributed by atoms with Crippen LogP contribution in [-0.4, -0.2) is 63.0 Å². The molecular weight excluding hydrogens is 451 g/mol. The predicted molar refractivity (Wildman–Crippen MR) is 108 cm³/mol. The zero-order valence-corrected chi connectivity index (χ0v) is 17.6. The molecule has 0 unspecified atom stereocenters. The summed E-state index contributed by atoms with van der Waals surface area (Å²) in [5.41, 5.74) is -0.658. The van der Waals surface area contributed by atoms with Crippen LogP contribution in [0.5, 0.6) is 11.5 Å².